The Kier molecular flexibility index (Phi) is 4.82. The van der Waals surface area contributed by atoms with Gasteiger partial charge in [0, 0.05) is 19.2 Å². The Hall–Kier alpha value is -2.32. The molecule has 2 aromatic carbocycles. The summed E-state index contributed by atoms with van der Waals surface area (Å²) in [6.07, 6.45) is -0.0965. The predicted molar refractivity (Wildman–Crippen MR) is 98.7 cm³/mol. The molecule has 0 aliphatic carbocycles. The number of hydrogen-bond donors (Lipinski definition) is 0. The smallest absolute Gasteiger partial charge is 0.227 e. The second kappa shape index (κ2) is 6.89. The Morgan fingerprint density at radius 2 is 1.92 bits per heavy atom. The maximum atomic E-state index is 12.6. The van der Waals surface area contributed by atoms with Crippen molar-refractivity contribution in [3.8, 4) is 0 Å². The second-order valence-electron chi connectivity index (χ2n) is 5.75. The van der Waals surface area contributed by atoms with E-state index in [0.29, 0.717) is 11.0 Å². The van der Waals surface area contributed by atoms with Crippen molar-refractivity contribution in [3.05, 3.63) is 48.0 Å². The van der Waals surface area contributed by atoms with Gasteiger partial charge in [-0.2, -0.15) is 8.75 Å². The van der Waals surface area contributed by atoms with E-state index in [2.05, 4.69) is 8.75 Å². The zero-order valence-corrected chi connectivity index (χ0v) is 15.5. The molecule has 0 fully saturated rings. The van der Waals surface area contributed by atoms with Crippen molar-refractivity contribution in [3.63, 3.8) is 0 Å². The summed E-state index contributed by atoms with van der Waals surface area (Å²) in [5, 5.41) is 0. The van der Waals surface area contributed by atoms with Gasteiger partial charge in [-0.3, -0.25) is 4.79 Å². The number of fused-ring (bicyclic) bond motifs is 1. The summed E-state index contributed by atoms with van der Waals surface area (Å²) in [6, 6.07) is 12.4. The average molecular weight is 375 g/mol. The third-order valence-electron chi connectivity index (χ3n) is 3.93. The number of carbonyl (C=O) groups is 1. The van der Waals surface area contributed by atoms with Gasteiger partial charge in [-0.15, -0.1) is 0 Å². The van der Waals surface area contributed by atoms with Crippen molar-refractivity contribution in [1.29, 1.82) is 0 Å². The fourth-order valence-electron chi connectivity index (χ4n) is 2.51. The molecule has 0 N–H and O–H groups in total. The number of aryl methyl sites for hydroxylation is 1. The summed E-state index contributed by atoms with van der Waals surface area (Å²) in [5.41, 5.74) is 2.70. The number of rotatable bonds is 5. The fraction of sp³-hybridized carbons (Fsp3) is 0.235. The minimum Gasteiger partial charge on any atom is -0.315 e. The molecule has 25 heavy (non-hydrogen) atoms. The number of anilines is 1. The van der Waals surface area contributed by atoms with E-state index in [1.807, 2.05) is 31.2 Å². The molecule has 0 radical (unpaired) electrons. The Morgan fingerprint density at radius 3 is 2.68 bits per heavy atom. The van der Waals surface area contributed by atoms with Gasteiger partial charge in [-0.05, 0) is 36.8 Å². The third kappa shape index (κ3) is 3.69. The lowest BCUT2D eigenvalue weighted by Crippen LogP contribution is -2.28. The molecule has 0 saturated carbocycles. The van der Waals surface area contributed by atoms with E-state index in [9.17, 15) is 13.2 Å². The number of benzene rings is 2. The monoisotopic (exact) mass is 375 g/mol. The Morgan fingerprint density at radius 1 is 1.16 bits per heavy atom. The normalized spacial score (nSPS) is 11.6. The van der Waals surface area contributed by atoms with Crippen LogP contribution in [-0.2, 0) is 14.6 Å². The topological polar surface area (TPSA) is 80.2 Å². The summed E-state index contributed by atoms with van der Waals surface area (Å²) < 4.78 is 33.4. The lowest BCUT2D eigenvalue weighted by molar-refractivity contribution is -0.117. The molecule has 0 bridgehead atoms. The first kappa shape index (κ1) is 17.5. The highest BCUT2D eigenvalue weighted by Gasteiger charge is 2.22. The van der Waals surface area contributed by atoms with Crippen molar-refractivity contribution in [2.24, 2.45) is 0 Å². The zero-order chi connectivity index (χ0) is 18.0. The molecule has 0 aliphatic rings. The van der Waals surface area contributed by atoms with Gasteiger partial charge in [-0.25, -0.2) is 8.42 Å². The van der Waals surface area contributed by atoms with Gasteiger partial charge in [0.2, 0.25) is 5.91 Å². The molecule has 0 atom stereocenters. The minimum absolute atomic E-state index is 0.0965. The lowest BCUT2D eigenvalue weighted by Gasteiger charge is -2.18. The highest BCUT2D eigenvalue weighted by molar-refractivity contribution is 7.91. The SMILES string of the molecule is Cc1cccc(N(C)C(=O)CCS(=O)(=O)c2cccc3nsnc23)c1. The molecule has 3 rings (SSSR count). The number of hydrogen-bond acceptors (Lipinski definition) is 6. The van der Waals surface area contributed by atoms with Gasteiger partial charge in [0.05, 0.1) is 22.4 Å². The molecular weight excluding hydrogens is 358 g/mol. The first-order valence-electron chi connectivity index (χ1n) is 7.66. The molecule has 0 unspecified atom stereocenters. The Labute approximate surface area is 150 Å². The maximum absolute atomic E-state index is 12.6. The molecule has 130 valence electrons. The molecule has 0 aliphatic heterocycles. The molecular formula is C17H17N3O3S2. The third-order valence-corrected chi connectivity index (χ3v) is 6.22. The predicted octanol–water partition coefficient (Wildman–Crippen LogP) is 2.83. The van der Waals surface area contributed by atoms with Crippen molar-refractivity contribution < 1.29 is 13.2 Å². The summed E-state index contributed by atoms with van der Waals surface area (Å²) in [5.74, 6) is -0.517. The summed E-state index contributed by atoms with van der Waals surface area (Å²) in [4.78, 5) is 14.0. The summed E-state index contributed by atoms with van der Waals surface area (Å²) in [6.45, 7) is 1.94. The van der Waals surface area contributed by atoms with E-state index in [1.165, 1.54) is 11.0 Å². The van der Waals surface area contributed by atoms with E-state index in [4.69, 9.17) is 0 Å². The van der Waals surface area contributed by atoms with Crippen LogP contribution in [0.25, 0.3) is 11.0 Å². The van der Waals surface area contributed by atoms with E-state index in [-0.39, 0.29) is 23.0 Å². The number of carbonyl (C=O) groups excluding carboxylic acids is 1. The van der Waals surface area contributed by atoms with Crippen LogP contribution in [0, 0.1) is 6.92 Å². The molecule has 0 spiro atoms. The van der Waals surface area contributed by atoms with E-state index in [0.717, 1.165) is 23.0 Å². The first-order valence-corrected chi connectivity index (χ1v) is 10.0. The van der Waals surface area contributed by atoms with Gasteiger partial charge in [0.15, 0.2) is 9.84 Å². The van der Waals surface area contributed by atoms with Crippen molar-refractivity contribution in [2.45, 2.75) is 18.2 Å². The van der Waals surface area contributed by atoms with Gasteiger partial charge in [-0.1, -0.05) is 18.2 Å². The minimum atomic E-state index is -3.62. The molecule has 1 heterocycles. The fourth-order valence-corrected chi connectivity index (χ4v) is 4.51. The highest BCUT2D eigenvalue weighted by Crippen LogP contribution is 2.23. The van der Waals surface area contributed by atoms with Crippen LogP contribution < -0.4 is 4.90 Å². The zero-order valence-electron chi connectivity index (χ0n) is 13.8. The second-order valence-corrected chi connectivity index (χ2v) is 8.35. The number of amides is 1. The molecule has 3 aromatic rings. The Balaban J connectivity index is 1.76. The van der Waals surface area contributed by atoms with Crippen LogP contribution in [0.15, 0.2) is 47.4 Å². The molecule has 8 heteroatoms. The van der Waals surface area contributed by atoms with Crippen LogP contribution >= 0.6 is 11.7 Å². The van der Waals surface area contributed by atoms with E-state index < -0.39 is 9.84 Å². The largest absolute Gasteiger partial charge is 0.315 e. The molecule has 1 amide bonds. The Bertz CT molecular complexity index is 1030. The van der Waals surface area contributed by atoms with Crippen molar-refractivity contribution >= 4 is 44.2 Å². The quantitative estimate of drug-likeness (QED) is 0.685. The van der Waals surface area contributed by atoms with Crippen LogP contribution in [0.4, 0.5) is 5.69 Å². The standard InChI is InChI=1S/C17H17N3O3S2/c1-12-5-3-6-13(11-12)20(2)16(21)9-10-25(22,23)15-8-4-7-14-17(15)19-24-18-14/h3-8,11H,9-10H2,1-2H3. The summed E-state index contributed by atoms with van der Waals surface area (Å²) in [7, 11) is -1.97. The number of sulfone groups is 1. The molecule has 6 nitrogen and oxygen atoms in total. The van der Waals surface area contributed by atoms with Crippen LogP contribution in [0.1, 0.15) is 12.0 Å². The van der Waals surface area contributed by atoms with Crippen LogP contribution in [0.5, 0.6) is 0 Å². The van der Waals surface area contributed by atoms with Crippen LogP contribution in [0.3, 0.4) is 0 Å². The number of nitrogens with zero attached hydrogens (tertiary/aromatic N) is 3. The average Bonchev–Trinajstić information content (AvgIpc) is 3.07. The van der Waals surface area contributed by atoms with Crippen molar-refractivity contribution in [2.75, 3.05) is 17.7 Å². The van der Waals surface area contributed by atoms with Gasteiger partial charge in [0.25, 0.3) is 0 Å². The van der Waals surface area contributed by atoms with Gasteiger partial charge >= 0.3 is 0 Å². The first-order chi connectivity index (χ1) is 11.9. The molecule has 1 aromatic heterocycles. The number of aromatic nitrogens is 2. The van der Waals surface area contributed by atoms with Gasteiger partial charge in [0.1, 0.15) is 11.0 Å². The van der Waals surface area contributed by atoms with E-state index in [1.54, 1.807) is 19.2 Å². The maximum Gasteiger partial charge on any atom is 0.227 e. The lowest BCUT2D eigenvalue weighted by atomic mass is 10.2. The van der Waals surface area contributed by atoms with Crippen molar-refractivity contribution in [1.82, 2.24) is 8.75 Å². The van der Waals surface area contributed by atoms with Crippen LogP contribution in [-0.4, -0.2) is 35.9 Å². The summed E-state index contributed by atoms with van der Waals surface area (Å²) >= 11 is 0.971. The molecule has 0 saturated heterocycles. The van der Waals surface area contributed by atoms with Gasteiger partial charge < -0.3 is 4.90 Å². The highest BCUT2D eigenvalue weighted by atomic mass is 32.2. The van der Waals surface area contributed by atoms with Crippen LogP contribution in [0.2, 0.25) is 0 Å². The van der Waals surface area contributed by atoms with E-state index >= 15 is 0 Å².